The summed E-state index contributed by atoms with van der Waals surface area (Å²) in [6.07, 6.45) is 0.405. The minimum atomic E-state index is -1.40. The van der Waals surface area contributed by atoms with Gasteiger partial charge in [-0.25, -0.2) is 18.0 Å². The fourth-order valence-corrected chi connectivity index (χ4v) is 2.11. The summed E-state index contributed by atoms with van der Waals surface area (Å²) >= 11 is 0. The number of benzene rings is 1. The quantitative estimate of drug-likeness (QED) is 0.677. The van der Waals surface area contributed by atoms with Crippen LogP contribution in [0, 0.1) is 23.4 Å². The summed E-state index contributed by atoms with van der Waals surface area (Å²) in [6, 6.07) is 0.651. The van der Waals surface area contributed by atoms with Gasteiger partial charge in [0, 0.05) is 12.2 Å². The van der Waals surface area contributed by atoms with Crippen LogP contribution in [0.4, 0.5) is 13.2 Å². The predicted molar refractivity (Wildman–Crippen MR) is 60.2 cm³/mol. The molecule has 1 aromatic carbocycles. The van der Waals surface area contributed by atoms with E-state index in [1.807, 2.05) is 0 Å². The van der Waals surface area contributed by atoms with Crippen molar-refractivity contribution < 1.29 is 27.8 Å². The maximum Gasteiger partial charge on any atom is 0.341 e. The Morgan fingerprint density at radius 2 is 2.11 bits per heavy atom. The lowest BCUT2D eigenvalue weighted by Gasteiger charge is -2.09. The van der Waals surface area contributed by atoms with Crippen molar-refractivity contribution in [2.45, 2.75) is 19.3 Å². The Kier molecular flexibility index (Phi) is 3.80. The molecule has 0 aromatic heterocycles. The molecule has 19 heavy (non-hydrogen) atoms. The van der Waals surface area contributed by atoms with Crippen molar-refractivity contribution in [3.8, 4) is 0 Å². The largest absolute Gasteiger partial charge is 0.462 e. The third-order valence-electron chi connectivity index (χ3n) is 3.22. The molecule has 2 unspecified atom stereocenters. The Balaban J connectivity index is 2.40. The molecule has 0 saturated heterocycles. The minimum Gasteiger partial charge on any atom is -0.462 e. The molecule has 104 valence electrons. The summed E-state index contributed by atoms with van der Waals surface area (Å²) in [6.45, 7) is 1.29. The number of ether oxygens (including phenoxy) is 1. The maximum atomic E-state index is 13.8. The molecule has 1 aromatic rings. The first-order valence-corrected chi connectivity index (χ1v) is 5.96. The molecule has 0 aliphatic heterocycles. The Hall–Kier alpha value is -1.56. The van der Waals surface area contributed by atoms with Crippen molar-refractivity contribution >= 4 is 5.97 Å². The fourth-order valence-electron chi connectivity index (χ4n) is 2.11. The van der Waals surface area contributed by atoms with Crippen LogP contribution in [-0.4, -0.2) is 24.3 Å². The minimum absolute atomic E-state index is 0.0154. The van der Waals surface area contributed by atoms with E-state index in [1.54, 1.807) is 0 Å². The first-order valence-electron chi connectivity index (χ1n) is 5.96. The molecule has 0 heterocycles. The molecule has 1 fully saturated rings. The highest BCUT2D eigenvalue weighted by Gasteiger charge is 2.42. The zero-order valence-electron chi connectivity index (χ0n) is 10.3. The molecular formula is C13H13F3O3. The lowest BCUT2D eigenvalue weighted by Crippen LogP contribution is -2.12. The normalized spacial score (nSPS) is 21.3. The van der Waals surface area contributed by atoms with E-state index in [1.165, 1.54) is 6.92 Å². The second-order valence-corrected chi connectivity index (χ2v) is 4.45. The van der Waals surface area contributed by atoms with Gasteiger partial charge in [-0.15, -0.1) is 0 Å². The van der Waals surface area contributed by atoms with E-state index >= 15 is 0 Å². The van der Waals surface area contributed by atoms with Crippen LogP contribution < -0.4 is 0 Å². The van der Waals surface area contributed by atoms with Gasteiger partial charge in [0.2, 0.25) is 0 Å². The topological polar surface area (TPSA) is 46.5 Å². The number of aliphatic hydroxyl groups is 1. The summed E-state index contributed by atoms with van der Waals surface area (Å²) < 4.78 is 45.9. The highest BCUT2D eigenvalue weighted by Crippen LogP contribution is 2.49. The highest BCUT2D eigenvalue weighted by atomic mass is 19.2. The van der Waals surface area contributed by atoms with E-state index in [0.29, 0.717) is 12.5 Å². The molecule has 6 heteroatoms. The molecule has 2 atom stereocenters. The first kappa shape index (κ1) is 13.9. The summed E-state index contributed by atoms with van der Waals surface area (Å²) in [5.41, 5.74) is -1.15. The molecule has 0 spiro atoms. The van der Waals surface area contributed by atoms with Crippen molar-refractivity contribution in [3.63, 3.8) is 0 Å². The van der Waals surface area contributed by atoms with E-state index in [4.69, 9.17) is 5.11 Å². The zero-order valence-corrected chi connectivity index (χ0v) is 10.3. The molecule has 1 aliphatic rings. The number of halogens is 3. The van der Waals surface area contributed by atoms with Crippen molar-refractivity contribution in [2.75, 3.05) is 13.2 Å². The molecule has 3 nitrogen and oxygen atoms in total. The smallest absolute Gasteiger partial charge is 0.341 e. The van der Waals surface area contributed by atoms with Gasteiger partial charge in [0.05, 0.1) is 6.61 Å². The molecule has 1 aliphatic carbocycles. The van der Waals surface area contributed by atoms with Gasteiger partial charge in [-0.3, -0.25) is 0 Å². The summed E-state index contributed by atoms with van der Waals surface area (Å²) in [5, 5.41) is 8.89. The van der Waals surface area contributed by atoms with E-state index in [9.17, 15) is 18.0 Å². The maximum absolute atomic E-state index is 13.8. The highest BCUT2D eigenvalue weighted by molar-refractivity contribution is 5.89. The number of rotatable bonds is 4. The molecule has 0 radical (unpaired) electrons. The van der Waals surface area contributed by atoms with E-state index < -0.39 is 40.5 Å². The Labute approximate surface area is 108 Å². The molecule has 1 saturated carbocycles. The number of aliphatic hydroxyl groups excluding tert-OH is 1. The Morgan fingerprint density at radius 3 is 2.63 bits per heavy atom. The average molecular weight is 274 g/mol. The lowest BCUT2D eigenvalue weighted by atomic mass is 10.0. The third kappa shape index (κ3) is 2.45. The lowest BCUT2D eigenvalue weighted by molar-refractivity contribution is 0.0519. The van der Waals surface area contributed by atoms with Crippen LogP contribution in [0.2, 0.25) is 0 Å². The van der Waals surface area contributed by atoms with E-state index in [-0.39, 0.29) is 19.1 Å². The van der Waals surface area contributed by atoms with E-state index in [2.05, 4.69) is 4.74 Å². The van der Waals surface area contributed by atoms with Crippen molar-refractivity contribution in [2.24, 2.45) is 5.92 Å². The summed E-state index contributed by atoms with van der Waals surface area (Å²) in [4.78, 5) is 11.4. The number of carbonyl (C=O) groups is 1. The van der Waals surface area contributed by atoms with Crippen molar-refractivity contribution in [1.82, 2.24) is 0 Å². The SMILES string of the molecule is CCOC(=O)c1cc(F)c(C2CC2CO)c(F)c1F. The van der Waals surface area contributed by atoms with Crippen LogP contribution in [-0.2, 0) is 4.74 Å². The number of carbonyl (C=O) groups excluding carboxylic acids is 1. The van der Waals surface area contributed by atoms with Crippen LogP contribution >= 0.6 is 0 Å². The van der Waals surface area contributed by atoms with Crippen molar-refractivity contribution in [1.29, 1.82) is 0 Å². The van der Waals surface area contributed by atoms with Crippen molar-refractivity contribution in [3.05, 3.63) is 34.6 Å². The molecular weight excluding hydrogens is 261 g/mol. The standard InChI is InChI=1S/C13H13F3O3/c1-2-19-13(18)8-4-9(14)10(12(16)11(8)15)7-3-6(7)5-17/h4,6-7,17H,2-3,5H2,1H3. The second kappa shape index (κ2) is 5.21. The fraction of sp³-hybridized carbons (Fsp3) is 0.462. The van der Waals surface area contributed by atoms with E-state index in [0.717, 1.165) is 0 Å². The third-order valence-corrected chi connectivity index (χ3v) is 3.22. The molecule has 0 amide bonds. The van der Waals surface area contributed by atoms with Crippen LogP contribution in [0.15, 0.2) is 6.07 Å². The van der Waals surface area contributed by atoms with Crippen LogP contribution in [0.5, 0.6) is 0 Å². The van der Waals surface area contributed by atoms with Gasteiger partial charge >= 0.3 is 5.97 Å². The first-order chi connectivity index (χ1) is 9.01. The average Bonchev–Trinajstić information content (AvgIpc) is 3.13. The molecule has 2 rings (SSSR count). The van der Waals surface area contributed by atoms with Gasteiger partial charge in [-0.1, -0.05) is 0 Å². The number of esters is 1. The van der Waals surface area contributed by atoms with Gasteiger partial charge in [0.15, 0.2) is 11.6 Å². The monoisotopic (exact) mass is 274 g/mol. The Morgan fingerprint density at radius 1 is 1.42 bits per heavy atom. The number of hydrogen-bond donors (Lipinski definition) is 1. The van der Waals surface area contributed by atoms with Crippen LogP contribution in [0.25, 0.3) is 0 Å². The predicted octanol–water partition coefficient (Wildman–Crippen LogP) is 2.38. The van der Waals surface area contributed by atoms with Gasteiger partial charge in [-0.05, 0) is 31.2 Å². The van der Waals surface area contributed by atoms with Gasteiger partial charge < -0.3 is 9.84 Å². The summed E-state index contributed by atoms with van der Waals surface area (Å²) in [7, 11) is 0. The molecule has 1 N–H and O–H groups in total. The summed E-state index contributed by atoms with van der Waals surface area (Å²) in [5.74, 6) is -5.64. The Bertz CT molecular complexity index is 516. The van der Waals surface area contributed by atoms with Gasteiger partial charge in [0.1, 0.15) is 11.4 Å². The van der Waals surface area contributed by atoms with Gasteiger partial charge in [-0.2, -0.15) is 0 Å². The number of hydrogen-bond acceptors (Lipinski definition) is 3. The van der Waals surface area contributed by atoms with Crippen LogP contribution in [0.1, 0.15) is 35.2 Å². The van der Waals surface area contributed by atoms with Gasteiger partial charge in [0.25, 0.3) is 0 Å². The molecule has 0 bridgehead atoms. The second-order valence-electron chi connectivity index (χ2n) is 4.45. The zero-order chi connectivity index (χ0) is 14.2. The van der Waals surface area contributed by atoms with Crippen LogP contribution in [0.3, 0.4) is 0 Å².